The molecule has 3 rings (SSSR count). The predicted molar refractivity (Wildman–Crippen MR) is 103 cm³/mol. The molecule has 8 nitrogen and oxygen atoms in total. The summed E-state index contributed by atoms with van der Waals surface area (Å²) in [5.74, 6) is 0.786. The average Bonchev–Trinajstić information content (AvgIpc) is 2.61. The van der Waals surface area contributed by atoms with Gasteiger partial charge in [0.05, 0.1) is 11.7 Å². The minimum absolute atomic E-state index is 0.190. The van der Waals surface area contributed by atoms with Gasteiger partial charge in [-0.3, -0.25) is 4.98 Å². The van der Waals surface area contributed by atoms with Crippen LogP contribution >= 0.6 is 0 Å². The van der Waals surface area contributed by atoms with Crippen LogP contribution in [-0.4, -0.2) is 25.8 Å². The number of pyridine rings is 1. The van der Waals surface area contributed by atoms with Crippen LogP contribution in [0.4, 0.5) is 17.5 Å². The molecule has 0 atom stereocenters. The fourth-order valence-corrected chi connectivity index (χ4v) is 2.38. The second-order valence-corrected chi connectivity index (χ2v) is 5.71. The Labute approximate surface area is 150 Å². The number of aliphatic hydroxyl groups excluding tert-OH is 1. The van der Waals surface area contributed by atoms with E-state index in [-0.39, 0.29) is 17.4 Å². The molecule has 26 heavy (non-hydrogen) atoms. The van der Waals surface area contributed by atoms with Crippen molar-refractivity contribution < 1.29 is 5.11 Å². The van der Waals surface area contributed by atoms with Gasteiger partial charge in [-0.1, -0.05) is 12.1 Å². The van der Waals surface area contributed by atoms with E-state index in [4.69, 9.17) is 11.1 Å². The number of rotatable bonds is 6. The van der Waals surface area contributed by atoms with Crippen LogP contribution in [0.5, 0.6) is 0 Å². The molecule has 6 N–H and O–H groups in total. The van der Waals surface area contributed by atoms with Crippen LogP contribution in [-0.2, 0) is 6.54 Å². The molecule has 0 saturated carbocycles. The molecule has 8 heteroatoms. The number of fused-ring (bicyclic) bond motifs is 1. The maximum atomic E-state index is 9.73. The summed E-state index contributed by atoms with van der Waals surface area (Å²) < 4.78 is 0. The topological polar surface area (TPSA) is 133 Å². The number of nitrogens with two attached hydrogens (primary N) is 1. The predicted octanol–water partition coefficient (Wildman–Crippen LogP) is 3.07. The van der Waals surface area contributed by atoms with Crippen molar-refractivity contribution in [2.75, 3.05) is 16.4 Å². The van der Waals surface area contributed by atoms with E-state index in [1.54, 1.807) is 13.1 Å². The van der Waals surface area contributed by atoms with Gasteiger partial charge in [-0.2, -0.15) is 0 Å². The lowest BCUT2D eigenvalue weighted by molar-refractivity contribution is 0.420. The second kappa shape index (κ2) is 7.47. The number of hydrogen-bond donors (Lipinski definition) is 5. The summed E-state index contributed by atoms with van der Waals surface area (Å²) in [6.45, 7) is 2.06. The zero-order valence-corrected chi connectivity index (χ0v) is 14.2. The summed E-state index contributed by atoms with van der Waals surface area (Å²) in [5.41, 5.74) is 8.07. The van der Waals surface area contributed by atoms with E-state index >= 15 is 0 Å². The summed E-state index contributed by atoms with van der Waals surface area (Å²) in [7, 11) is 0. The molecule has 0 aliphatic rings. The standard InChI is InChI=1S/C18H19N7O/c1-11(19)7-16(26)24-15-10-22-17(20)18(25-15)23-9-12-4-5-14-13(8-12)3-2-6-21-14/h2-8,10,19,26H,9H2,1H3,(H2,20,22)(H2,23,24,25)/b16-7-,19-11?. The lowest BCUT2D eigenvalue weighted by Crippen LogP contribution is -2.09. The zero-order chi connectivity index (χ0) is 18.5. The van der Waals surface area contributed by atoms with Crippen LogP contribution in [0.15, 0.2) is 54.7 Å². The Balaban J connectivity index is 1.74. The maximum Gasteiger partial charge on any atom is 0.191 e. The molecule has 0 saturated heterocycles. The molecule has 0 bridgehead atoms. The number of anilines is 3. The summed E-state index contributed by atoms with van der Waals surface area (Å²) >= 11 is 0. The van der Waals surface area contributed by atoms with Crippen LogP contribution in [0.1, 0.15) is 12.5 Å². The normalized spacial score (nSPS) is 11.3. The van der Waals surface area contributed by atoms with E-state index < -0.39 is 0 Å². The van der Waals surface area contributed by atoms with Gasteiger partial charge in [0.1, 0.15) is 0 Å². The van der Waals surface area contributed by atoms with Gasteiger partial charge in [0.25, 0.3) is 0 Å². The van der Waals surface area contributed by atoms with Crippen LogP contribution in [0.2, 0.25) is 0 Å². The summed E-state index contributed by atoms with van der Waals surface area (Å²) in [6.07, 6.45) is 4.44. The third-order valence-corrected chi connectivity index (χ3v) is 3.54. The first kappa shape index (κ1) is 17.2. The molecule has 0 aliphatic carbocycles. The smallest absolute Gasteiger partial charge is 0.191 e. The molecule has 0 fully saturated rings. The highest BCUT2D eigenvalue weighted by atomic mass is 16.3. The first-order valence-electron chi connectivity index (χ1n) is 7.94. The Hall–Kier alpha value is -3.68. The fourth-order valence-electron chi connectivity index (χ4n) is 2.38. The highest BCUT2D eigenvalue weighted by Crippen LogP contribution is 2.18. The van der Waals surface area contributed by atoms with Crippen molar-refractivity contribution in [1.82, 2.24) is 15.0 Å². The number of nitrogen functional groups attached to an aromatic ring is 1. The Morgan fingerprint density at radius 2 is 2.15 bits per heavy atom. The van der Waals surface area contributed by atoms with Gasteiger partial charge in [0.2, 0.25) is 0 Å². The quantitative estimate of drug-likeness (QED) is 0.341. The number of nitrogens with one attached hydrogen (secondary N) is 3. The second-order valence-electron chi connectivity index (χ2n) is 5.71. The Kier molecular flexibility index (Phi) is 4.93. The van der Waals surface area contributed by atoms with Crippen LogP contribution < -0.4 is 16.4 Å². The molecule has 0 unspecified atom stereocenters. The van der Waals surface area contributed by atoms with E-state index in [0.717, 1.165) is 16.5 Å². The van der Waals surface area contributed by atoms with E-state index in [1.165, 1.54) is 12.3 Å². The van der Waals surface area contributed by atoms with Crippen molar-refractivity contribution >= 4 is 34.1 Å². The maximum absolute atomic E-state index is 9.73. The number of nitrogens with zero attached hydrogens (tertiary/aromatic N) is 3. The van der Waals surface area contributed by atoms with Crippen molar-refractivity contribution in [2.24, 2.45) is 0 Å². The number of aromatic nitrogens is 3. The SMILES string of the molecule is CC(=N)/C=C(\O)Nc1cnc(N)c(NCc2ccc3ncccc3c2)n1. The van der Waals surface area contributed by atoms with E-state index in [1.807, 2.05) is 30.3 Å². The first-order chi connectivity index (χ1) is 12.5. The van der Waals surface area contributed by atoms with E-state index in [2.05, 4.69) is 25.6 Å². The van der Waals surface area contributed by atoms with Crippen LogP contribution in [0.3, 0.4) is 0 Å². The molecular formula is C18H19N7O. The molecule has 0 radical (unpaired) electrons. The molecule has 0 aliphatic heterocycles. The Bertz CT molecular complexity index is 984. The minimum atomic E-state index is -0.190. The lowest BCUT2D eigenvalue weighted by atomic mass is 10.1. The lowest BCUT2D eigenvalue weighted by Gasteiger charge is -2.11. The third kappa shape index (κ3) is 4.23. The average molecular weight is 349 g/mol. The van der Waals surface area contributed by atoms with Crippen molar-refractivity contribution in [3.63, 3.8) is 0 Å². The van der Waals surface area contributed by atoms with Gasteiger partial charge >= 0.3 is 0 Å². The Morgan fingerprint density at radius 1 is 1.31 bits per heavy atom. The largest absolute Gasteiger partial charge is 0.494 e. The molecule has 3 aromatic rings. The van der Waals surface area contributed by atoms with Crippen molar-refractivity contribution in [1.29, 1.82) is 5.41 Å². The molecular weight excluding hydrogens is 330 g/mol. The third-order valence-electron chi connectivity index (χ3n) is 3.54. The van der Waals surface area contributed by atoms with Crippen LogP contribution in [0.25, 0.3) is 10.9 Å². The highest BCUT2D eigenvalue weighted by Gasteiger charge is 2.06. The Morgan fingerprint density at radius 3 is 2.96 bits per heavy atom. The van der Waals surface area contributed by atoms with Gasteiger partial charge < -0.3 is 26.9 Å². The van der Waals surface area contributed by atoms with Gasteiger partial charge in [0.15, 0.2) is 23.3 Å². The van der Waals surface area contributed by atoms with E-state index in [0.29, 0.717) is 18.2 Å². The van der Waals surface area contributed by atoms with Gasteiger partial charge in [0, 0.05) is 29.9 Å². The number of allylic oxidation sites excluding steroid dienone is 1. The number of hydrogen-bond acceptors (Lipinski definition) is 8. The van der Waals surface area contributed by atoms with Crippen molar-refractivity contribution in [3.05, 3.63) is 60.2 Å². The number of benzene rings is 1. The van der Waals surface area contributed by atoms with Crippen LogP contribution in [0, 0.1) is 5.41 Å². The molecule has 0 amide bonds. The van der Waals surface area contributed by atoms with Gasteiger partial charge in [-0.25, -0.2) is 9.97 Å². The van der Waals surface area contributed by atoms with E-state index in [9.17, 15) is 5.11 Å². The molecule has 2 aromatic heterocycles. The van der Waals surface area contributed by atoms with Crippen molar-refractivity contribution in [2.45, 2.75) is 13.5 Å². The molecule has 0 spiro atoms. The molecule has 1 aromatic carbocycles. The summed E-state index contributed by atoms with van der Waals surface area (Å²) in [5, 5.41) is 23.9. The van der Waals surface area contributed by atoms with Gasteiger partial charge in [-0.15, -0.1) is 0 Å². The summed E-state index contributed by atoms with van der Waals surface area (Å²) in [6, 6.07) is 9.89. The molecule has 2 heterocycles. The minimum Gasteiger partial charge on any atom is -0.494 e. The fraction of sp³-hybridized carbons (Fsp3) is 0.111. The highest BCUT2D eigenvalue weighted by molar-refractivity contribution is 5.90. The zero-order valence-electron chi connectivity index (χ0n) is 14.2. The summed E-state index contributed by atoms with van der Waals surface area (Å²) in [4.78, 5) is 12.7. The number of aliphatic hydroxyl groups is 1. The van der Waals surface area contributed by atoms with Crippen molar-refractivity contribution in [3.8, 4) is 0 Å². The monoisotopic (exact) mass is 349 g/mol. The molecule has 132 valence electrons. The van der Waals surface area contributed by atoms with Gasteiger partial charge in [-0.05, 0) is 30.7 Å². The first-order valence-corrected chi connectivity index (χ1v) is 7.94.